The molecule has 2 heterocycles. The molecule has 0 unspecified atom stereocenters. The maximum atomic E-state index is 11.9. The number of amides is 1. The number of methoxy groups -OCH3 is 1. The first-order valence-electron chi connectivity index (χ1n) is 9.47. The van der Waals surface area contributed by atoms with Gasteiger partial charge in [-0.3, -0.25) is 10.1 Å². The van der Waals surface area contributed by atoms with Gasteiger partial charge >= 0.3 is 11.8 Å². The van der Waals surface area contributed by atoms with E-state index < -0.39 is 4.92 Å². The van der Waals surface area contributed by atoms with Gasteiger partial charge < -0.3 is 19.3 Å². The molecule has 0 bridgehead atoms. The first-order valence-corrected chi connectivity index (χ1v) is 9.47. The van der Waals surface area contributed by atoms with Crippen LogP contribution in [0.3, 0.4) is 0 Å². The zero-order valence-electron chi connectivity index (χ0n) is 16.0. The van der Waals surface area contributed by atoms with E-state index in [4.69, 9.17) is 9.47 Å². The van der Waals surface area contributed by atoms with E-state index in [0.29, 0.717) is 12.4 Å². The molecule has 1 aromatic rings. The number of rotatable bonds is 4. The van der Waals surface area contributed by atoms with Crippen molar-refractivity contribution in [3.63, 3.8) is 0 Å². The summed E-state index contributed by atoms with van der Waals surface area (Å²) in [5.41, 5.74) is 1.22. The topological polar surface area (TPSA) is 85.2 Å². The largest absolute Gasteiger partial charge is 0.490 e. The first kappa shape index (κ1) is 19.3. The number of ether oxygens (including phenoxy) is 2. The van der Waals surface area contributed by atoms with Crippen LogP contribution in [-0.2, 0) is 4.74 Å². The second-order valence-corrected chi connectivity index (χ2v) is 7.29. The van der Waals surface area contributed by atoms with Gasteiger partial charge in [-0.15, -0.1) is 0 Å². The van der Waals surface area contributed by atoms with Crippen LogP contribution in [0.15, 0.2) is 18.2 Å². The van der Waals surface area contributed by atoms with Crippen molar-refractivity contribution in [2.45, 2.75) is 32.6 Å². The fourth-order valence-electron chi connectivity index (χ4n) is 4.13. The average molecular weight is 377 g/mol. The molecular weight excluding hydrogens is 350 g/mol. The number of likely N-dealkylation sites (tertiary alicyclic amines) is 1. The molecule has 8 heteroatoms. The number of piperidine rings is 2. The Kier molecular flexibility index (Phi) is 5.72. The number of carbonyl (C=O) groups excluding carboxylic acids is 1. The summed E-state index contributed by atoms with van der Waals surface area (Å²) in [6.07, 6.45) is 3.92. The van der Waals surface area contributed by atoms with Gasteiger partial charge in [0.15, 0.2) is 5.75 Å². The highest BCUT2D eigenvalue weighted by atomic mass is 16.6. The highest BCUT2D eigenvalue weighted by Gasteiger charge is 2.39. The molecule has 0 atom stereocenters. The van der Waals surface area contributed by atoms with Crippen molar-refractivity contribution in [2.24, 2.45) is 5.41 Å². The van der Waals surface area contributed by atoms with E-state index in [0.717, 1.165) is 57.5 Å². The van der Waals surface area contributed by atoms with Crippen LogP contribution in [0.2, 0.25) is 0 Å². The van der Waals surface area contributed by atoms with E-state index in [1.165, 1.54) is 13.2 Å². The number of hydrogen-bond donors (Lipinski definition) is 0. The molecule has 0 N–H and O–H groups in total. The predicted octanol–water partition coefficient (Wildman–Crippen LogP) is 3.44. The molecule has 0 saturated carbocycles. The Morgan fingerprint density at radius 3 is 2.37 bits per heavy atom. The number of hydrogen-bond acceptors (Lipinski definition) is 6. The van der Waals surface area contributed by atoms with Crippen LogP contribution in [0, 0.1) is 15.5 Å². The first-order chi connectivity index (χ1) is 13.0. The highest BCUT2D eigenvalue weighted by Crippen LogP contribution is 2.43. The Bertz CT molecular complexity index is 691. The van der Waals surface area contributed by atoms with Crippen molar-refractivity contribution in [1.29, 1.82) is 0 Å². The second kappa shape index (κ2) is 8.02. The molecule has 3 rings (SSSR count). The molecule has 148 valence electrons. The molecule has 2 fully saturated rings. The summed E-state index contributed by atoms with van der Waals surface area (Å²) in [5, 5.41) is 11.1. The zero-order chi connectivity index (χ0) is 19.4. The number of benzene rings is 1. The molecular formula is C19H27N3O5. The van der Waals surface area contributed by atoms with Crippen LogP contribution in [-0.4, -0.2) is 55.8 Å². The van der Waals surface area contributed by atoms with Crippen molar-refractivity contribution in [1.82, 2.24) is 4.90 Å². The molecule has 1 aromatic carbocycles. The minimum absolute atomic E-state index is 0.0129. The summed E-state index contributed by atoms with van der Waals surface area (Å²) in [6, 6.07) is 5.05. The second-order valence-electron chi connectivity index (χ2n) is 7.29. The van der Waals surface area contributed by atoms with Crippen molar-refractivity contribution < 1.29 is 19.2 Å². The summed E-state index contributed by atoms with van der Waals surface area (Å²) >= 11 is 0. The Morgan fingerprint density at radius 2 is 1.81 bits per heavy atom. The van der Waals surface area contributed by atoms with E-state index in [1.807, 2.05) is 11.8 Å². The molecule has 0 aliphatic carbocycles. The molecule has 1 spiro atoms. The van der Waals surface area contributed by atoms with Crippen molar-refractivity contribution in [2.75, 3.05) is 44.8 Å². The maximum Gasteiger partial charge on any atom is 0.409 e. The Balaban J connectivity index is 1.60. The zero-order valence-corrected chi connectivity index (χ0v) is 16.0. The normalized spacial score (nSPS) is 19.0. The minimum atomic E-state index is -0.425. The molecule has 8 nitrogen and oxygen atoms in total. The average Bonchev–Trinajstić information content (AvgIpc) is 2.68. The monoisotopic (exact) mass is 377 g/mol. The lowest BCUT2D eigenvalue weighted by Gasteiger charge is -2.47. The van der Waals surface area contributed by atoms with Gasteiger partial charge in [-0.1, -0.05) is 0 Å². The van der Waals surface area contributed by atoms with Crippen LogP contribution in [0.4, 0.5) is 16.2 Å². The third-order valence-electron chi connectivity index (χ3n) is 5.90. The van der Waals surface area contributed by atoms with Crippen LogP contribution in [0.5, 0.6) is 5.75 Å². The third-order valence-corrected chi connectivity index (χ3v) is 5.90. The lowest BCUT2D eigenvalue weighted by atomic mass is 9.71. The van der Waals surface area contributed by atoms with Crippen LogP contribution >= 0.6 is 0 Å². The number of carbonyl (C=O) groups is 1. The lowest BCUT2D eigenvalue weighted by molar-refractivity contribution is -0.385. The number of anilines is 1. The van der Waals surface area contributed by atoms with Gasteiger partial charge in [-0.05, 0) is 44.1 Å². The molecule has 27 heavy (non-hydrogen) atoms. The highest BCUT2D eigenvalue weighted by molar-refractivity contribution is 5.67. The third kappa shape index (κ3) is 4.09. The summed E-state index contributed by atoms with van der Waals surface area (Å²) in [7, 11) is 1.45. The van der Waals surface area contributed by atoms with E-state index in [-0.39, 0.29) is 17.2 Å². The maximum absolute atomic E-state index is 11.9. The molecule has 2 aliphatic heterocycles. The van der Waals surface area contributed by atoms with Crippen LogP contribution in [0.25, 0.3) is 0 Å². The molecule has 1 amide bonds. The van der Waals surface area contributed by atoms with Gasteiger partial charge in [0.2, 0.25) is 0 Å². The summed E-state index contributed by atoms with van der Waals surface area (Å²) < 4.78 is 10.3. The smallest absolute Gasteiger partial charge is 0.409 e. The lowest BCUT2D eigenvalue weighted by Crippen LogP contribution is -2.48. The van der Waals surface area contributed by atoms with Crippen molar-refractivity contribution in [3.8, 4) is 5.75 Å². The molecule has 2 aliphatic rings. The summed E-state index contributed by atoms with van der Waals surface area (Å²) in [4.78, 5) is 26.6. The van der Waals surface area contributed by atoms with Gasteiger partial charge in [-0.25, -0.2) is 4.79 Å². The Morgan fingerprint density at radius 1 is 1.19 bits per heavy atom. The number of nitro benzene ring substituents is 1. The number of nitro groups is 1. The molecule has 0 radical (unpaired) electrons. The SMILES string of the molecule is CCOC(=O)N1CCC2(CC1)CCN(c1ccc([N+](=O)[O-])c(OC)c1)CC2. The van der Waals surface area contributed by atoms with Gasteiger partial charge in [0.25, 0.3) is 0 Å². The number of nitrogens with zero attached hydrogens (tertiary/aromatic N) is 3. The van der Waals surface area contributed by atoms with Gasteiger partial charge in [0.05, 0.1) is 18.6 Å². The van der Waals surface area contributed by atoms with Gasteiger partial charge in [-0.2, -0.15) is 0 Å². The minimum Gasteiger partial charge on any atom is -0.490 e. The van der Waals surface area contributed by atoms with Gasteiger partial charge in [0, 0.05) is 44.0 Å². The predicted molar refractivity (Wildman–Crippen MR) is 101 cm³/mol. The molecule has 0 aromatic heterocycles. The van der Waals surface area contributed by atoms with E-state index in [2.05, 4.69) is 4.90 Å². The fraction of sp³-hybridized carbons (Fsp3) is 0.632. The molecule has 2 saturated heterocycles. The van der Waals surface area contributed by atoms with E-state index >= 15 is 0 Å². The Hall–Kier alpha value is -2.51. The van der Waals surface area contributed by atoms with Crippen LogP contribution < -0.4 is 9.64 Å². The summed E-state index contributed by atoms with van der Waals surface area (Å²) in [6.45, 7) is 5.55. The Labute approximate surface area is 159 Å². The van der Waals surface area contributed by atoms with E-state index in [1.54, 1.807) is 12.1 Å². The summed E-state index contributed by atoms with van der Waals surface area (Å²) in [5.74, 6) is 0.292. The van der Waals surface area contributed by atoms with Crippen LogP contribution in [0.1, 0.15) is 32.6 Å². The van der Waals surface area contributed by atoms with Gasteiger partial charge in [0.1, 0.15) is 0 Å². The standard InChI is InChI=1S/C19H27N3O5/c1-3-27-18(23)21-12-8-19(9-13-21)6-10-20(11-7-19)15-4-5-16(22(24)25)17(14-15)26-2/h4-5,14H,3,6-13H2,1-2H3. The van der Waals surface area contributed by atoms with E-state index in [9.17, 15) is 14.9 Å². The van der Waals surface area contributed by atoms with Crippen molar-refractivity contribution >= 4 is 17.5 Å². The fourth-order valence-corrected chi connectivity index (χ4v) is 4.13. The van der Waals surface area contributed by atoms with Crippen molar-refractivity contribution in [3.05, 3.63) is 28.3 Å². The quantitative estimate of drug-likeness (QED) is 0.590.